The van der Waals surface area contributed by atoms with Crippen molar-refractivity contribution in [2.45, 2.75) is 129 Å². The SMILES string of the molecule is CCC[C@H](CC(=O)[C@@H]1C[C@@H](Oc2ccncn2)CN1C(=O)[C@@H](CC(=O)[C@@H](NC(=O)c1cnccn1)C1CCCCC1)C(C)(C)C)C(=O)C(=O)CC1CC1. The van der Waals surface area contributed by atoms with Crippen molar-refractivity contribution in [3.8, 4) is 5.88 Å². The first-order valence-electron chi connectivity index (χ1n) is 19.3. The number of carbonyl (C=O) groups is 6. The summed E-state index contributed by atoms with van der Waals surface area (Å²) in [5.41, 5.74) is -0.597. The second-order valence-corrected chi connectivity index (χ2v) is 16.1. The molecule has 5 rings (SSSR count). The molecule has 13 heteroatoms. The highest BCUT2D eigenvalue weighted by Crippen LogP contribution is 2.37. The van der Waals surface area contributed by atoms with Crippen LogP contribution in [0, 0.1) is 29.1 Å². The number of ether oxygens (including phenoxy) is 1. The number of hydrogen-bond acceptors (Lipinski definition) is 11. The first kappa shape index (κ1) is 39.8. The molecule has 2 aromatic heterocycles. The summed E-state index contributed by atoms with van der Waals surface area (Å²) in [6.07, 6.45) is 14.0. The summed E-state index contributed by atoms with van der Waals surface area (Å²) >= 11 is 0. The normalized spacial score (nSPS) is 20.9. The second kappa shape index (κ2) is 18.1. The van der Waals surface area contributed by atoms with E-state index in [0.29, 0.717) is 18.7 Å². The van der Waals surface area contributed by atoms with Crippen LogP contribution in [0.3, 0.4) is 0 Å². The van der Waals surface area contributed by atoms with Crippen LogP contribution in [0.2, 0.25) is 0 Å². The molecule has 1 saturated heterocycles. The van der Waals surface area contributed by atoms with Crippen LogP contribution in [0.1, 0.15) is 122 Å². The van der Waals surface area contributed by atoms with E-state index in [9.17, 15) is 28.8 Å². The smallest absolute Gasteiger partial charge is 0.272 e. The maximum atomic E-state index is 14.8. The minimum absolute atomic E-state index is 0.0719. The molecule has 2 aliphatic carbocycles. The van der Waals surface area contributed by atoms with Gasteiger partial charge in [-0.2, -0.15) is 0 Å². The maximum Gasteiger partial charge on any atom is 0.272 e. The number of hydrogen-bond donors (Lipinski definition) is 1. The Morgan fingerprint density at radius 1 is 0.943 bits per heavy atom. The molecule has 3 heterocycles. The number of carbonyl (C=O) groups excluding carboxylic acids is 6. The molecule has 0 bridgehead atoms. The number of ketones is 4. The zero-order valence-corrected chi connectivity index (χ0v) is 31.5. The van der Waals surface area contributed by atoms with Gasteiger partial charge in [0.2, 0.25) is 17.6 Å². The first-order chi connectivity index (χ1) is 25.3. The molecule has 0 unspecified atom stereocenters. The molecule has 13 nitrogen and oxygen atoms in total. The van der Waals surface area contributed by atoms with Gasteiger partial charge in [-0.1, -0.05) is 53.4 Å². The van der Waals surface area contributed by atoms with E-state index in [1.807, 2.05) is 27.7 Å². The highest BCUT2D eigenvalue weighted by molar-refractivity contribution is 6.38. The van der Waals surface area contributed by atoms with Crippen LogP contribution in [-0.2, 0) is 24.0 Å². The number of nitrogens with zero attached hydrogens (tertiary/aromatic N) is 5. The summed E-state index contributed by atoms with van der Waals surface area (Å²) in [5.74, 6) is -3.49. The van der Waals surface area contributed by atoms with Crippen LogP contribution in [0.15, 0.2) is 37.2 Å². The number of amides is 2. The monoisotopic (exact) mass is 730 g/mol. The topological polar surface area (TPSA) is 178 Å². The van der Waals surface area contributed by atoms with Crippen LogP contribution in [0.4, 0.5) is 0 Å². The molecule has 1 aliphatic heterocycles. The van der Waals surface area contributed by atoms with E-state index in [-0.39, 0.29) is 67.2 Å². The zero-order valence-electron chi connectivity index (χ0n) is 31.5. The van der Waals surface area contributed by atoms with Gasteiger partial charge in [-0.25, -0.2) is 15.0 Å². The van der Waals surface area contributed by atoms with Crippen molar-refractivity contribution in [1.82, 2.24) is 30.2 Å². The molecule has 0 radical (unpaired) electrons. The van der Waals surface area contributed by atoms with Crippen molar-refractivity contribution >= 4 is 34.9 Å². The average molecular weight is 731 g/mol. The van der Waals surface area contributed by atoms with E-state index in [4.69, 9.17) is 4.74 Å². The number of Topliss-reactive ketones (excluding diaryl/α,β-unsaturated/α-hetero) is 4. The van der Waals surface area contributed by atoms with E-state index < -0.39 is 52.9 Å². The molecule has 3 fully saturated rings. The Labute approximate surface area is 311 Å². The number of rotatable bonds is 18. The highest BCUT2D eigenvalue weighted by atomic mass is 16.5. The molecule has 0 spiro atoms. The molecule has 2 amide bonds. The minimum atomic E-state index is -0.925. The summed E-state index contributed by atoms with van der Waals surface area (Å²) in [7, 11) is 0. The number of aromatic nitrogens is 4. The predicted molar refractivity (Wildman–Crippen MR) is 194 cm³/mol. The summed E-state index contributed by atoms with van der Waals surface area (Å²) in [6.45, 7) is 7.65. The lowest BCUT2D eigenvalue weighted by Crippen LogP contribution is -2.51. The van der Waals surface area contributed by atoms with Crippen LogP contribution >= 0.6 is 0 Å². The third-order valence-electron chi connectivity index (χ3n) is 11.0. The van der Waals surface area contributed by atoms with Crippen molar-refractivity contribution in [3.63, 3.8) is 0 Å². The third-order valence-corrected chi connectivity index (χ3v) is 11.0. The first-order valence-corrected chi connectivity index (χ1v) is 19.3. The molecule has 0 aromatic carbocycles. The Morgan fingerprint density at radius 2 is 1.70 bits per heavy atom. The molecule has 3 aliphatic rings. The molecule has 5 atom stereocenters. The Balaban J connectivity index is 1.39. The van der Waals surface area contributed by atoms with Crippen LogP contribution in [0.25, 0.3) is 0 Å². The predicted octanol–water partition coefficient (Wildman–Crippen LogP) is 4.93. The fourth-order valence-corrected chi connectivity index (χ4v) is 7.77. The van der Waals surface area contributed by atoms with Gasteiger partial charge in [-0.3, -0.25) is 33.8 Å². The van der Waals surface area contributed by atoms with Gasteiger partial charge in [0.05, 0.1) is 24.8 Å². The summed E-state index contributed by atoms with van der Waals surface area (Å²) in [4.78, 5) is 100. The van der Waals surface area contributed by atoms with E-state index >= 15 is 0 Å². The Morgan fingerprint density at radius 3 is 2.32 bits per heavy atom. The number of likely N-dealkylation sites (tertiary alicyclic amines) is 1. The lowest BCUT2D eigenvalue weighted by molar-refractivity contribution is -0.147. The molecule has 2 aromatic rings. The fourth-order valence-electron chi connectivity index (χ4n) is 7.77. The quantitative estimate of drug-likeness (QED) is 0.206. The Kier molecular flexibility index (Phi) is 13.6. The lowest BCUT2D eigenvalue weighted by Gasteiger charge is -2.36. The van der Waals surface area contributed by atoms with Gasteiger partial charge in [0.15, 0.2) is 17.3 Å². The van der Waals surface area contributed by atoms with Gasteiger partial charge in [0.1, 0.15) is 18.1 Å². The summed E-state index contributed by atoms with van der Waals surface area (Å²) in [5, 5.41) is 2.94. The van der Waals surface area contributed by atoms with Crippen molar-refractivity contribution in [2.75, 3.05) is 6.54 Å². The van der Waals surface area contributed by atoms with Crippen molar-refractivity contribution in [1.29, 1.82) is 0 Å². The molecular weight excluding hydrogens is 676 g/mol. The highest BCUT2D eigenvalue weighted by Gasteiger charge is 2.47. The van der Waals surface area contributed by atoms with Crippen LogP contribution in [-0.4, -0.2) is 84.5 Å². The number of nitrogens with one attached hydrogen (secondary N) is 1. The Bertz CT molecular complexity index is 1600. The van der Waals surface area contributed by atoms with E-state index in [2.05, 4.69) is 25.3 Å². The van der Waals surface area contributed by atoms with E-state index in [0.717, 1.165) is 44.9 Å². The second-order valence-electron chi connectivity index (χ2n) is 16.1. The van der Waals surface area contributed by atoms with Gasteiger partial charge in [-0.15, -0.1) is 0 Å². The van der Waals surface area contributed by atoms with Gasteiger partial charge in [0.25, 0.3) is 5.91 Å². The zero-order chi connectivity index (χ0) is 38.1. The molecule has 53 heavy (non-hydrogen) atoms. The van der Waals surface area contributed by atoms with Crippen LogP contribution < -0.4 is 10.1 Å². The van der Waals surface area contributed by atoms with E-state index in [1.165, 1.54) is 36.0 Å². The third kappa shape index (κ3) is 10.8. The fraction of sp³-hybridized carbons (Fsp3) is 0.650. The van der Waals surface area contributed by atoms with Crippen LogP contribution in [0.5, 0.6) is 5.88 Å². The summed E-state index contributed by atoms with van der Waals surface area (Å²) < 4.78 is 6.13. The van der Waals surface area contributed by atoms with Crippen molar-refractivity contribution in [3.05, 3.63) is 42.9 Å². The lowest BCUT2D eigenvalue weighted by atomic mass is 9.74. The van der Waals surface area contributed by atoms with Gasteiger partial charge in [-0.05, 0) is 49.4 Å². The van der Waals surface area contributed by atoms with Gasteiger partial charge in [0, 0.05) is 62.2 Å². The standard InChI is InChI=1S/C40H54N6O7/c1-5-9-27(37(50)34(49)18-25-12-13-25)19-32(47)31-20-28(53-35-14-15-42-24-44-35)23-46(31)39(52)29(40(2,3)4)21-33(48)36(26-10-7-6-8-11-26)45-38(51)30-22-41-16-17-43-30/h14-17,22,24-29,31,36H,5-13,18-21,23H2,1-4H3,(H,45,51)/t27-,28-,29-,31+,36+/m1/s1. The largest absolute Gasteiger partial charge is 0.472 e. The van der Waals surface area contributed by atoms with Gasteiger partial charge >= 0.3 is 0 Å². The Hall–Kier alpha value is -4.42. The molecule has 1 N–H and O–H groups in total. The van der Waals surface area contributed by atoms with Crippen molar-refractivity contribution < 1.29 is 33.5 Å². The molecule has 286 valence electrons. The van der Waals surface area contributed by atoms with Gasteiger partial charge < -0.3 is 15.0 Å². The molecular formula is C40H54N6O7. The maximum absolute atomic E-state index is 14.8. The minimum Gasteiger partial charge on any atom is -0.472 e. The molecule has 2 saturated carbocycles. The summed E-state index contributed by atoms with van der Waals surface area (Å²) in [6, 6.07) is -0.146. The average Bonchev–Trinajstić information content (AvgIpc) is 3.87. The van der Waals surface area contributed by atoms with Crippen molar-refractivity contribution in [2.24, 2.45) is 29.1 Å². The van der Waals surface area contributed by atoms with E-state index in [1.54, 1.807) is 6.07 Å².